The predicted octanol–water partition coefficient (Wildman–Crippen LogP) is -0.322. The van der Waals surface area contributed by atoms with Gasteiger partial charge in [0, 0.05) is 12.6 Å². The van der Waals surface area contributed by atoms with Crippen molar-refractivity contribution in [1.29, 1.82) is 0 Å². The van der Waals surface area contributed by atoms with Gasteiger partial charge in [-0.15, -0.1) is 0 Å². The van der Waals surface area contributed by atoms with Crippen LogP contribution in [0.4, 0.5) is 0 Å². The molecule has 0 saturated heterocycles. The van der Waals surface area contributed by atoms with Gasteiger partial charge in [-0.2, -0.15) is 0 Å². The van der Waals surface area contributed by atoms with Crippen LogP contribution >= 0.6 is 0 Å². The van der Waals surface area contributed by atoms with Crippen molar-refractivity contribution in [3.8, 4) is 0 Å². The van der Waals surface area contributed by atoms with Gasteiger partial charge < -0.3 is 5.32 Å². The zero-order valence-electron chi connectivity index (χ0n) is 7.34. The molecule has 5 heteroatoms. The fourth-order valence-corrected chi connectivity index (χ4v) is 2.17. The van der Waals surface area contributed by atoms with Gasteiger partial charge in [0.1, 0.15) is 0 Å². The van der Waals surface area contributed by atoms with Gasteiger partial charge in [0.2, 0.25) is 10.0 Å². The minimum Gasteiger partial charge on any atom is -0.316 e. The van der Waals surface area contributed by atoms with E-state index >= 15 is 0 Å². The van der Waals surface area contributed by atoms with Crippen LogP contribution < -0.4 is 10.0 Å². The SMILES string of the molecule is CCNCCS(=O)(=O)NC1CC1. The van der Waals surface area contributed by atoms with Crippen molar-refractivity contribution >= 4 is 10.0 Å². The zero-order chi connectivity index (χ0) is 9.03. The van der Waals surface area contributed by atoms with E-state index in [1.165, 1.54) is 0 Å². The van der Waals surface area contributed by atoms with Crippen LogP contribution in [0.3, 0.4) is 0 Å². The molecule has 4 nitrogen and oxygen atoms in total. The second-order valence-corrected chi connectivity index (χ2v) is 4.94. The van der Waals surface area contributed by atoms with Gasteiger partial charge in [-0.25, -0.2) is 13.1 Å². The topological polar surface area (TPSA) is 58.2 Å². The van der Waals surface area contributed by atoms with Crippen LogP contribution in [0.15, 0.2) is 0 Å². The minimum atomic E-state index is -3.00. The number of rotatable bonds is 6. The highest BCUT2D eigenvalue weighted by atomic mass is 32.2. The molecule has 0 spiro atoms. The molecule has 0 aromatic carbocycles. The maximum Gasteiger partial charge on any atom is 0.213 e. The first-order chi connectivity index (χ1) is 5.64. The number of hydrogen-bond acceptors (Lipinski definition) is 3. The molecule has 0 aliphatic heterocycles. The van der Waals surface area contributed by atoms with Crippen LogP contribution in [0.1, 0.15) is 19.8 Å². The quantitative estimate of drug-likeness (QED) is 0.567. The summed E-state index contributed by atoms with van der Waals surface area (Å²) in [5, 5.41) is 2.98. The number of hydrogen-bond donors (Lipinski definition) is 2. The fourth-order valence-electron chi connectivity index (χ4n) is 0.897. The first kappa shape index (κ1) is 9.95. The Morgan fingerprint density at radius 1 is 1.42 bits per heavy atom. The van der Waals surface area contributed by atoms with Crippen LogP contribution in [-0.4, -0.2) is 33.3 Å². The van der Waals surface area contributed by atoms with E-state index in [1.807, 2.05) is 6.92 Å². The maximum absolute atomic E-state index is 11.2. The monoisotopic (exact) mass is 192 g/mol. The number of sulfonamides is 1. The Hall–Kier alpha value is -0.130. The summed E-state index contributed by atoms with van der Waals surface area (Å²) in [5.41, 5.74) is 0. The molecule has 0 aromatic rings. The molecule has 1 aliphatic rings. The Balaban J connectivity index is 2.17. The molecule has 2 N–H and O–H groups in total. The summed E-state index contributed by atoms with van der Waals surface area (Å²) in [6.07, 6.45) is 2.00. The summed E-state index contributed by atoms with van der Waals surface area (Å²) in [7, 11) is -3.00. The van der Waals surface area contributed by atoms with Gasteiger partial charge in [-0.3, -0.25) is 0 Å². The van der Waals surface area contributed by atoms with Gasteiger partial charge in [0.25, 0.3) is 0 Å². The molecule has 72 valence electrons. The molecule has 1 saturated carbocycles. The van der Waals surface area contributed by atoms with E-state index < -0.39 is 10.0 Å². The number of nitrogens with one attached hydrogen (secondary N) is 2. The maximum atomic E-state index is 11.2. The first-order valence-electron chi connectivity index (χ1n) is 4.35. The highest BCUT2D eigenvalue weighted by molar-refractivity contribution is 7.89. The van der Waals surface area contributed by atoms with Gasteiger partial charge in [0.15, 0.2) is 0 Å². The summed E-state index contributed by atoms with van der Waals surface area (Å²) < 4.78 is 25.0. The second kappa shape index (κ2) is 4.20. The molecule has 0 radical (unpaired) electrons. The third-order valence-corrected chi connectivity index (χ3v) is 3.16. The molecule has 0 heterocycles. The van der Waals surface area contributed by atoms with Gasteiger partial charge in [0.05, 0.1) is 5.75 Å². The Labute approximate surface area is 73.8 Å². The van der Waals surface area contributed by atoms with Crippen LogP contribution in [0.5, 0.6) is 0 Å². The molecule has 0 atom stereocenters. The lowest BCUT2D eigenvalue weighted by atomic mass is 10.7. The second-order valence-electron chi connectivity index (χ2n) is 3.06. The normalized spacial score (nSPS) is 18.1. The molecule has 1 rings (SSSR count). The molecular formula is C7H16N2O2S. The van der Waals surface area contributed by atoms with E-state index in [0.717, 1.165) is 19.4 Å². The summed E-state index contributed by atoms with van der Waals surface area (Å²) in [6.45, 7) is 3.32. The molecule has 12 heavy (non-hydrogen) atoms. The third-order valence-electron chi connectivity index (χ3n) is 1.72. The van der Waals surface area contributed by atoms with Crippen molar-refractivity contribution in [1.82, 2.24) is 10.0 Å². The van der Waals surface area contributed by atoms with E-state index in [1.54, 1.807) is 0 Å². The Bertz CT molecular complexity index is 222. The summed E-state index contributed by atoms with van der Waals surface area (Å²) >= 11 is 0. The van der Waals surface area contributed by atoms with Crippen LogP contribution in [0.25, 0.3) is 0 Å². The lowest BCUT2D eigenvalue weighted by Gasteiger charge is -2.04. The lowest BCUT2D eigenvalue weighted by Crippen LogP contribution is -2.33. The van der Waals surface area contributed by atoms with Gasteiger partial charge in [-0.1, -0.05) is 6.92 Å². The molecule has 0 amide bonds. The summed E-state index contributed by atoms with van der Waals surface area (Å²) in [4.78, 5) is 0. The average Bonchev–Trinajstić information content (AvgIpc) is 2.71. The third kappa shape index (κ3) is 4.04. The lowest BCUT2D eigenvalue weighted by molar-refractivity contribution is 0.577. The van der Waals surface area contributed by atoms with Crippen molar-refractivity contribution in [3.63, 3.8) is 0 Å². The molecule has 1 aliphatic carbocycles. The summed E-state index contributed by atoms with van der Waals surface area (Å²) in [6, 6.07) is 0.233. The fraction of sp³-hybridized carbons (Fsp3) is 1.00. The van der Waals surface area contributed by atoms with Gasteiger partial charge >= 0.3 is 0 Å². The van der Waals surface area contributed by atoms with Crippen molar-refractivity contribution in [2.24, 2.45) is 0 Å². The summed E-state index contributed by atoms with van der Waals surface area (Å²) in [5.74, 6) is 0.192. The van der Waals surface area contributed by atoms with E-state index in [4.69, 9.17) is 0 Å². The predicted molar refractivity (Wildman–Crippen MR) is 48.5 cm³/mol. The Kier molecular flexibility index (Phi) is 3.49. The van der Waals surface area contributed by atoms with E-state index in [9.17, 15) is 8.42 Å². The molecular weight excluding hydrogens is 176 g/mol. The van der Waals surface area contributed by atoms with Crippen molar-refractivity contribution in [2.45, 2.75) is 25.8 Å². The Morgan fingerprint density at radius 2 is 2.08 bits per heavy atom. The van der Waals surface area contributed by atoms with Crippen molar-refractivity contribution in [3.05, 3.63) is 0 Å². The smallest absolute Gasteiger partial charge is 0.213 e. The highest BCUT2D eigenvalue weighted by Gasteiger charge is 2.26. The minimum absolute atomic E-state index is 0.192. The molecule has 1 fully saturated rings. The highest BCUT2D eigenvalue weighted by Crippen LogP contribution is 2.19. The van der Waals surface area contributed by atoms with Crippen LogP contribution in [-0.2, 0) is 10.0 Å². The van der Waals surface area contributed by atoms with Crippen LogP contribution in [0.2, 0.25) is 0 Å². The molecule has 0 aromatic heterocycles. The van der Waals surface area contributed by atoms with E-state index in [2.05, 4.69) is 10.0 Å². The van der Waals surface area contributed by atoms with Crippen molar-refractivity contribution in [2.75, 3.05) is 18.8 Å². The first-order valence-corrected chi connectivity index (χ1v) is 6.00. The van der Waals surface area contributed by atoms with E-state index in [-0.39, 0.29) is 11.8 Å². The van der Waals surface area contributed by atoms with E-state index in [0.29, 0.717) is 6.54 Å². The molecule has 0 bridgehead atoms. The average molecular weight is 192 g/mol. The van der Waals surface area contributed by atoms with Gasteiger partial charge in [-0.05, 0) is 19.4 Å². The zero-order valence-corrected chi connectivity index (χ0v) is 8.15. The Morgan fingerprint density at radius 3 is 2.58 bits per heavy atom. The molecule has 0 unspecified atom stereocenters. The van der Waals surface area contributed by atoms with Crippen LogP contribution in [0, 0.1) is 0 Å². The van der Waals surface area contributed by atoms with Crippen molar-refractivity contribution < 1.29 is 8.42 Å². The largest absolute Gasteiger partial charge is 0.316 e. The standard InChI is InChI=1S/C7H16N2O2S/c1-2-8-5-6-12(10,11)9-7-3-4-7/h7-9H,2-6H2,1H3.